The Hall–Kier alpha value is -2.92. The number of rotatable bonds is 5. The van der Waals surface area contributed by atoms with Crippen LogP contribution in [0.1, 0.15) is 44.9 Å². The summed E-state index contributed by atoms with van der Waals surface area (Å²) in [5, 5.41) is 5.08. The number of amides is 1. The molecule has 0 fully saturated rings. The number of benzene rings is 2. The number of carbonyl (C=O) groups is 2. The van der Waals surface area contributed by atoms with Crippen LogP contribution in [0.4, 0.5) is 0 Å². The second-order valence-electron chi connectivity index (χ2n) is 6.81. The molecule has 0 saturated heterocycles. The highest BCUT2D eigenvalue weighted by molar-refractivity contribution is 7.10. The Balaban J connectivity index is 1.57. The lowest BCUT2D eigenvalue weighted by Crippen LogP contribution is -2.43. The average molecular weight is 391 g/mol. The highest BCUT2D eigenvalue weighted by Gasteiger charge is 2.32. The van der Waals surface area contributed by atoms with Crippen LogP contribution in [0.25, 0.3) is 0 Å². The van der Waals surface area contributed by atoms with Gasteiger partial charge in [0, 0.05) is 11.3 Å². The van der Waals surface area contributed by atoms with E-state index in [4.69, 9.17) is 4.74 Å². The molecule has 0 unspecified atom stereocenters. The van der Waals surface area contributed by atoms with Gasteiger partial charge in [0.15, 0.2) is 6.10 Å². The first kappa shape index (κ1) is 18.4. The Morgan fingerprint density at radius 3 is 2.64 bits per heavy atom. The van der Waals surface area contributed by atoms with Gasteiger partial charge in [-0.1, -0.05) is 55.5 Å². The predicted octanol–water partition coefficient (Wildman–Crippen LogP) is 4.30. The summed E-state index contributed by atoms with van der Waals surface area (Å²) in [4.78, 5) is 26.3. The van der Waals surface area contributed by atoms with E-state index in [2.05, 4.69) is 24.4 Å². The van der Waals surface area contributed by atoms with Gasteiger partial charge >= 0.3 is 5.97 Å². The van der Waals surface area contributed by atoms with Crippen LogP contribution in [-0.2, 0) is 22.4 Å². The molecule has 2 atom stereocenters. The maximum absolute atomic E-state index is 13.0. The van der Waals surface area contributed by atoms with Crippen molar-refractivity contribution in [1.29, 1.82) is 0 Å². The third-order valence-corrected chi connectivity index (χ3v) is 5.96. The molecule has 0 aliphatic carbocycles. The molecule has 0 bridgehead atoms. The van der Waals surface area contributed by atoms with Gasteiger partial charge in [-0.05, 0) is 40.6 Å². The number of fused-ring (bicyclic) bond motifs is 1. The number of ether oxygens (including phenoxy) is 1. The van der Waals surface area contributed by atoms with Crippen LogP contribution in [0.3, 0.4) is 0 Å². The van der Waals surface area contributed by atoms with Crippen molar-refractivity contribution in [2.75, 3.05) is 0 Å². The van der Waals surface area contributed by atoms with Crippen LogP contribution >= 0.6 is 11.3 Å². The summed E-state index contributed by atoms with van der Waals surface area (Å²) in [7, 11) is 0. The fraction of sp³-hybridized carbons (Fsp3) is 0.217. The molecule has 0 saturated carbocycles. The molecule has 1 amide bonds. The second kappa shape index (κ2) is 7.98. The number of cyclic esters (lactones) is 1. The molecule has 1 N–H and O–H groups in total. The molecule has 4 rings (SSSR count). The maximum Gasteiger partial charge on any atom is 0.339 e. The molecule has 1 aliphatic rings. The summed E-state index contributed by atoms with van der Waals surface area (Å²) in [6, 6.07) is 19.2. The molecule has 2 heterocycles. The van der Waals surface area contributed by atoms with E-state index in [1.807, 2.05) is 41.8 Å². The van der Waals surface area contributed by atoms with Gasteiger partial charge in [0.2, 0.25) is 0 Å². The van der Waals surface area contributed by atoms with Crippen molar-refractivity contribution in [3.05, 3.63) is 93.2 Å². The standard InChI is InChI=1S/C23H21NO3S/c1-2-15-9-11-16(12-10-15)21(20-8-5-13-28-20)24-22(25)19-14-17-6-3-4-7-18(17)23(26)27-19/h3-13,19,21H,2,14H2,1H3,(H,24,25)/t19-,21+/m1/s1. The van der Waals surface area contributed by atoms with Crippen LogP contribution in [0.2, 0.25) is 0 Å². The van der Waals surface area contributed by atoms with Crippen molar-refractivity contribution in [3.63, 3.8) is 0 Å². The van der Waals surface area contributed by atoms with Crippen LogP contribution in [-0.4, -0.2) is 18.0 Å². The number of aryl methyl sites for hydroxylation is 1. The van der Waals surface area contributed by atoms with Crippen molar-refractivity contribution < 1.29 is 14.3 Å². The van der Waals surface area contributed by atoms with Gasteiger partial charge in [-0.15, -0.1) is 11.3 Å². The van der Waals surface area contributed by atoms with Gasteiger partial charge in [0.1, 0.15) is 0 Å². The van der Waals surface area contributed by atoms with Gasteiger partial charge in [-0.2, -0.15) is 0 Å². The van der Waals surface area contributed by atoms with Gasteiger partial charge in [0.05, 0.1) is 11.6 Å². The van der Waals surface area contributed by atoms with Crippen molar-refractivity contribution in [2.24, 2.45) is 0 Å². The molecular formula is C23H21NO3S. The highest BCUT2D eigenvalue weighted by Crippen LogP contribution is 2.28. The Morgan fingerprint density at radius 1 is 1.14 bits per heavy atom. The molecule has 1 aromatic heterocycles. The number of hydrogen-bond donors (Lipinski definition) is 1. The lowest BCUT2D eigenvalue weighted by molar-refractivity contribution is -0.130. The molecular weight excluding hydrogens is 370 g/mol. The zero-order valence-corrected chi connectivity index (χ0v) is 16.4. The Labute approximate surface area is 168 Å². The van der Waals surface area contributed by atoms with Gasteiger partial charge in [0.25, 0.3) is 5.91 Å². The minimum Gasteiger partial charge on any atom is -0.448 e. The largest absolute Gasteiger partial charge is 0.448 e. The third kappa shape index (κ3) is 3.71. The van der Waals surface area contributed by atoms with Crippen LogP contribution in [0.5, 0.6) is 0 Å². The van der Waals surface area contributed by atoms with E-state index in [-0.39, 0.29) is 11.9 Å². The Bertz CT molecular complexity index is 979. The summed E-state index contributed by atoms with van der Waals surface area (Å²) in [5.74, 6) is -0.720. The van der Waals surface area contributed by atoms with Crippen molar-refractivity contribution in [1.82, 2.24) is 5.32 Å². The van der Waals surface area contributed by atoms with E-state index in [0.29, 0.717) is 12.0 Å². The molecule has 28 heavy (non-hydrogen) atoms. The molecule has 1 aliphatic heterocycles. The van der Waals surface area contributed by atoms with E-state index in [1.54, 1.807) is 23.5 Å². The fourth-order valence-electron chi connectivity index (χ4n) is 3.43. The van der Waals surface area contributed by atoms with Crippen LogP contribution in [0, 0.1) is 0 Å². The molecule has 142 valence electrons. The Morgan fingerprint density at radius 2 is 1.93 bits per heavy atom. The normalized spacial score (nSPS) is 16.8. The summed E-state index contributed by atoms with van der Waals surface area (Å²) in [6.45, 7) is 2.11. The third-order valence-electron chi connectivity index (χ3n) is 5.02. The van der Waals surface area contributed by atoms with Gasteiger partial charge < -0.3 is 10.1 Å². The number of thiophene rings is 1. The summed E-state index contributed by atoms with van der Waals surface area (Å²) in [6.07, 6.45) is 0.535. The van der Waals surface area contributed by atoms with Gasteiger partial charge in [-0.3, -0.25) is 4.79 Å². The fourth-order valence-corrected chi connectivity index (χ4v) is 4.24. The first-order valence-corrected chi connectivity index (χ1v) is 10.2. The lowest BCUT2D eigenvalue weighted by Gasteiger charge is -2.26. The summed E-state index contributed by atoms with van der Waals surface area (Å²) < 4.78 is 5.42. The van der Waals surface area contributed by atoms with Crippen molar-refractivity contribution in [3.8, 4) is 0 Å². The SMILES string of the molecule is CCc1ccc([C@H](NC(=O)[C@H]2Cc3ccccc3C(=O)O2)c2cccs2)cc1. The molecule has 4 nitrogen and oxygen atoms in total. The number of esters is 1. The first-order chi connectivity index (χ1) is 13.7. The van der Waals surface area contributed by atoms with Crippen LogP contribution < -0.4 is 5.32 Å². The minimum atomic E-state index is -0.820. The lowest BCUT2D eigenvalue weighted by atomic mass is 9.97. The molecule has 3 aromatic rings. The van der Waals surface area contributed by atoms with E-state index >= 15 is 0 Å². The first-order valence-electron chi connectivity index (χ1n) is 9.37. The maximum atomic E-state index is 13.0. The van der Waals surface area contributed by atoms with Gasteiger partial charge in [-0.25, -0.2) is 4.79 Å². The number of nitrogens with one attached hydrogen (secondary N) is 1. The molecule has 0 spiro atoms. The topological polar surface area (TPSA) is 55.4 Å². The molecule has 0 radical (unpaired) electrons. The quantitative estimate of drug-likeness (QED) is 0.660. The van der Waals surface area contributed by atoms with E-state index in [0.717, 1.165) is 22.4 Å². The highest BCUT2D eigenvalue weighted by atomic mass is 32.1. The average Bonchev–Trinajstić information content (AvgIpc) is 3.26. The van der Waals surface area contributed by atoms with E-state index in [9.17, 15) is 9.59 Å². The zero-order chi connectivity index (χ0) is 19.5. The molecule has 2 aromatic carbocycles. The predicted molar refractivity (Wildman–Crippen MR) is 109 cm³/mol. The number of hydrogen-bond acceptors (Lipinski definition) is 4. The summed E-state index contributed by atoms with van der Waals surface area (Å²) in [5.41, 5.74) is 3.64. The van der Waals surface area contributed by atoms with Crippen molar-refractivity contribution in [2.45, 2.75) is 31.9 Å². The monoisotopic (exact) mass is 391 g/mol. The molecule has 5 heteroatoms. The second-order valence-corrected chi connectivity index (χ2v) is 7.79. The van der Waals surface area contributed by atoms with Crippen LogP contribution in [0.15, 0.2) is 66.0 Å². The van der Waals surface area contributed by atoms with E-state index in [1.165, 1.54) is 5.56 Å². The van der Waals surface area contributed by atoms with Crippen molar-refractivity contribution >= 4 is 23.2 Å². The zero-order valence-electron chi connectivity index (χ0n) is 15.6. The Kier molecular flexibility index (Phi) is 5.26. The smallest absolute Gasteiger partial charge is 0.339 e. The number of carbonyl (C=O) groups excluding carboxylic acids is 2. The summed E-state index contributed by atoms with van der Waals surface area (Å²) >= 11 is 1.59. The minimum absolute atomic E-state index is 0.269. The van der Waals surface area contributed by atoms with E-state index < -0.39 is 12.1 Å².